The van der Waals surface area contributed by atoms with Gasteiger partial charge in [0.2, 0.25) is 11.8 Å². The molecule has 0 radical (unpaired) electrons. The van der Waals surface area contributed by atoms with Gasteiger partial charge in [-0.2, -0.15) is 4.98 Å². The van der Waals surface area contributed by atoms with Gasteiger partial charge in [-0.25, -0.2) is 14.2 Å². The Hall–Kier alpha value is -3.17. The van der Waals surface area contributed by atoms with E-state index in [1.807, 2.05) is 32.0 Å². The molecule has 2 aromatic carbocycles. The lowest BCUT2D eigenvalue weighted by Gasteiger charge is -2.35. The highest BCUT2D eigenvalue weighted by atomic mass is 32.2. The second kappa shape index (κ2) is 10.6. The molecule has 1 saturated carbocycles. The molecule has 3 aromatic rings. The molecule has 7 nitrogen and oxygen atoms in total. The number of aromatic carboxylic acids is 1. The topological polar surface area (TPSA) is 110 Å². The molecule has 1 aliphatic carbocycles. The van der Waals surface area contributed by atoms with Crippen molar-refractivity contribution in [3.8, 4) is 17.1 Å². The first kappa shape index (κ1) is 24.9. The maximum absolute atomic E-state index is 14.5. The minimum atomic E-state index is -1.17. The molecule has 1 atom stereocenters. The molecule has 1 aliphatic rings. The summed E-state index contributed by atoms with van der Waals surface area (Å²) < 4.78 is 23.4. The average molecular weight is 497 g/mol. The van der Waals surface area contributed by atoms with Crippen molar-refractivity contribution in [2.45, 2.75) is 56.1 Å². The van der Waals surface area contributed by atoms with E-state index < -0.39 is 17.7 Å². The van der Waals surface area contributed by atoms with Crippen LogP contribution in [0.5, 0.6) is 5.88 Å². The molecule has 0 bridgehead atoms. The Kier molecular flexibility index (Phi) is 7.57. The van der Waals surface area contributed by atoms with Crippen molar-refractivity contribution in [1.82, 2.24) is 9.97 Å². The number of aromatic nitrogens is 2. The summed E-state index contributed by atoms with van der Waals surface area (Å²) in [6.45, 7) is 4.17. The maximum atomic E-state index is 14.5. The normalized spacial score (nSPS) is 15.2. The Labute approximate surface area is 208 Å². The number of hydrogen-bond donors (Lipinski definition) is 3. The molecule has 1 fully saturated rings. The number of anilines is 1. The number of carboxylic acids is 1. The van der Waals surface area contributed by atoms with Crippen LogP contribution in [0.1, 0.15) is 47.2 Å². The number of carboxylic acid groups (broad SMARTS) is 1. The predicted octanol–water partition coefficient (Wildman–Crippen LogP) is 5.57. The Morgan fingerprint density at radius 1 is 1.20 bits per heavy atom. The van der Waals surface area contributed by atoms with E-state index in [1.54, 1.807) is 24.3 Å². The summed E-state index contributed by atoms with van der Waals surface area (Å²) in [5.41, 5.74) is 8.94. The third-order valence-corrected chi connectivity index (χ3v) is 6.88. The van der Waals surface area contributed by atoms with E-state index in [2.05, 4.69) is 14.7 Å². The summed E-state index contributed by atoms with van der Waals surface area (Å²) in [5, 5.41) is 9.23. The zero-order valence-corrected chi connectivity index (χ0v) is 20.6. The van der Waals surface area contributed by atoms with Gasteiger partial charge in [0, 0.05) is 22.6 Å². The van der Waals surface area contributed by atoms with Gasteiger partial charge in [-0.15, -0.1) is 0 Å². The number of hydrogen-bond acceptors (Lipinski definition) is 7. The number of nitrogens with one attached hydrogen (secondary N) is 1. The fourth-order valence-corrected chi connectivity index (χ4v) is 4.81. The number of rotatable bonds is 10. The number of nitrogens with two attached hydrogens (primary N) is 1. The molecule has 1 heterocycles. The number of carbonyl (C=O) groups is 1. The summed E-state index contributed by atoms with van der Waals surface area (Å²) in [6, 6.07) is 13.9. The largest absolute Gasteiger partial charge is 0.478 e. The van der Waals surface area contributed by atoms with Gasteiger partial charge < -0.3 is 15.6 Å². The van der Waals surface area contributed by atoms with Gasteiger partial charge >= 0.3 is 5.97 Å². The molecule has 9 heteroatoms. The van der Waals surface area contributed by atoms with Gasteiger partial charge in [0.1, 0.15) is 12.3 Å². The van der Waals surface area contributed by atoms with Crippen LogP contribution in [0.3, 0.4) is 0 Å². The van der Waals surface area contributed by atoms with E-state index in [0.717, 1.165) is 23.1 Å². The molecule has 35 heavy (non-hydrogen) atoms. The van der Waals surface area contributed by atoms with Gasteiger partial charge in [0.25, 0.3) is 0 Å². The second-order valence-electron chi connectivity index (χ2n) is 9.00. The lowest BCUT2D eigenvalue weighted by molar-refractivity contribution is 0.0405. The lowest BCUT2D eigenvalue weighted by atomic mass is 9.78. The zero-order valence-electron chi connectivity index (χ0n) is 19.8. The molecular formula is C26H29FN4O3S. The number of alkyl halides is 1. The first-order valence-electron chi connectivity index (χ1n) is 11.5. The van der Waals surface area contributed by atoms with E-state index in [1.165, 1.54) is 18.0 Å². The van der Waals surface area contributed by atoms with Gasteiger partial charge in [-0.3, -0.25) is 4.72 Å². The Balaban J connectivity index is 1.56. The zero-order chi connectivity index (χ0) is 25.0. The van der Waals surface area contributed by atoms with Crippen LogP contribution < -0.4 is 15.2 Å². The Morgan fingerprint density at radius 2 is 1.91 bits per heavy atom. The van der Waals surface area contributed by atoms with Crippen molar-refractivity contribution < 1.29 is 19.0 Å². The monoisotopic (exact) mass is 496 g/mol. The summed E-state index contributed by atoms with van der Waals surface area (Å²) in [7, 11) is 0. The van der Waals surface area contributed by atoms with Crippen molar-refractivity contribution in [3.05, 3.63) is 65.2 Å². The molecule has 0 spiro atoms. The standard InChI is InChI=1S/C26H29FN4O3S/c1-16-6-3-7-17(2)23(16)21-13-22(34-15-19(28)14-26(27)10-5-11-26)30-25(29-21)31-35-20-9-4-8-18(12-20)24(32)33/h3-4,6-9,12-13,19H,5,10-11,14-15,28H2,1-2H3,(H,32,33)(H,29,30,31). The predicted molar refractivity (Wildman–Crippen MR) is 136 cm³/mol. The molecule has 0 amide bonds. The third-order valence-electron chi connectivity index (χ3n) is 6.10. The molecular weight excluding hydrogens is 467 g/mol. The van der Waals surface area contributed by atoms with Crippen molar-refractivity contribution in [2.75, 3.05) is 11.3 Å². The molecule has 4 rings (SSSR count). The van der Waals surface area contributed by atoms with Crippen molar-refractivity contribution in [1.29, 1.82) is 0 Å². The highest BCUT2D eigenvalue weighted by molar-refractivity contribution is 8.00. The van der Waals surface area contributed by atoms with Gasteiger partial charge in [-0.1, -0.05) is 24.3 Å². The highest BCUT2D eigenvalue weighted by Gasteiger charge is 2.38. The van der Waals surface area contributed by atoms with E-state index in [4.69, 9.17) is 10.5 Å². The fourth-order valence-electron chi connectivity index (χ4n) is 4.17. The van der Waals surface area contributed by atoms with Gasteiger partial charge in [0.05, 0.1) is 11.3 Å². The number of halogens is 1. The summed E-state index contributed by atoms with van der Waals surface area (Å²) >= 11 is 1.20. The van der Waals surface area contributed by atoms with Crippen LogP contribution in [0.2, 0.25) is 0 Å². The van der Waals surface area contributed by atoms with Crippen LogP contribution in [-0.2, 0) is 0 Å². The van der Waals surface area contributed by atoms with Crippen LogP contribution in [0, 0.1) is 13.8 Å². The van der Waals surface area contributed by atoms with Crippen molar-refractivity contribution in [3.63, 3.8) is 0 Å². The lowest BCUT2D eigenvalue weighted by Crippen LogP contribution is -2.41. The van der Waals surface area contributed by atoms with E-state index >= 15 is 0 Å². The van der Waals surface area contributed by atoms with Crippen LogP contribution in [0.25, 0.3) is 11.3 Å². The summed E-state index contributed by atoms with van der Waals surface area (Å²) in [6.07, 6.45) is 2.28. The van der Waals surface area contributed by atoms with E-state index in [0.29, 0.717) is 35.3 Å². The minimum Gasteiger partial charge on any atom is -0.478 e. The SMILES string of the molecule is Cc1cccc(C)c1-c1cc(OCC(N)CC2(F)CCC2)nc(NSc2cccc(C(=O)O)c2)n1. The molecule has 4 N–H and O–H groups in total. The minimum absolute atomic E-state index is 0.141. The Morgan fingerprint density at radius 3 is 2.57 bits per heavy atom. The van der Waals surface area contributed by atoms with Crippen LogP contribution in [0.4, 0.5) is 10.3 Å². The number of ether oxygens (including phenoxy) is 1. The van der Waals surface area contributed by atoms with E-state index in [-0.39, 0.29) is 18.6 Å². The van der Waals surface area contributed by atoms with Crippen LogP contribution >= 0.6 is 11.9 Å². The molecule has 1 aromatic heterocycles. The first-order chi connectivity index (χ1) is 16.7. The maximum Gasteiger partial charge on any atom is 0.335 e. The smallest absolute Gasteiger partial charge is 0.335 e. The van der Waals surface area contributed by atoms with Gasteiger partial charge in [0.15, 0.2) is 0 Å². The van der Waals surface area contributed by atoms with Crippen LogP contribution in [0.15, 0.2) is 53.4 Å². The highest BCUT2D eigenvalue weighted by Crippen LogP contribution is 2.39. The van der Waals surface area contributed by atoms with Crippen LogP contribution in [-0.4, -0.2) is 39.4 Å². The van der Waals surface area contributed by atoms with Crippen molar-refractivity contribution in [2.24, 2.45) is 5.73 Å². The molecule has 184 valence electrons. The Bertz CT molecular complexity index is 1200. The van der Waals surface area contributed by atoms with E-state index in [9.17, 15) is 14.3 Å². The molecule has 0 saturated heterocycles. The van der Waals surface area contributed by atoms with Crippen molar-refractivity contribution >= 4 is 23.9 Å². The average Bonchev–Trinajstić information content (AvgIpc) is 2.80. The summed E-state index contributed by atoms with van der Waals surface area (Å²) in [5.74, 6) is -0.359. The molecule has 0 aliphatic heterocycles. The summed E-state index contributed by atoms with van der Waals surface area (Å²) in [4.78, 5) is 21.1. The van der Waals surface area contributed by atoms with Gasteiger partial charge in [-0.05, 0) is 80.8 Å². The number of benzene rings is 2. The fraction of sp³-hybridized carbons (Fsp3) is 0.346. The number of aryl methyl sites for hydroxylation is 2. The quantitative estimate of drug-likeness (QED) is 0.313. The third kappa shape index (κ3) is 6.29. The number of nitrogens with zero attached hydrogens (tertiary/aromatic N) is 2. The first-order valence-corrected chi connectivity index (χ1v) is 12.3. The second-order valence-corrected chi connectivity index (χ2v) is 9.88. The molecule has 1 unspecified atom stereocenters.